The highest BCUT2D eigenvalue weighted by Gasteiger charge is 2.34. The van der Waals surface area contributed by atoms with E-state index in [0.29, 0.717) is 12.2 Å². The number of hydrogen-bond acceptors (Lipinski definition) is 4. The van der Waals surface area contributed by atoms with E-state index in [2.05, 4.69) is 10.3 Å². The number of nitrogens with one attached hydrogen (secondary N) is 1. The van der Waals surface area contributed by atoms with Gasteiger partial charge in [-0.3, -0.25) is 9.79 Å². The van der Waals surface area contributed by atoms with Crippen molar-refractivity contribution in [1.82, 2.24) is 5.32 Å². The van der Waals surface area contributed by atoms with Gasteiger partial charge in [0, 0.05) is 18.8 Å². The first-order valence-corrected chi connectivity index (χ1v) is 10.3. The van der Waals surface area contributed by atoms with E-state index in [1.165, 1.54) is 19.2 Å². The van der Waals surface area contributed by atoms with Crippen molar-refractivity contribution in [2.24, 2.45) is 10.9 Å². The predicted octanol–water partition coefficient (Wildman–Crippen LogP) is 5.43. The first-order chi connectivity index (χ1) is 15.0. The van der Waals surface area contributed by atoms with Crippen molar-refractivity contribution in [3.05, 3.63) is 59.2 Å². The monoisotopic (exact) mass is 450 g/mol. The molecule has 1 amide bonds. The number of ether oxygens (including phenoxy) is 2. The number of carbonyl (C=O) groups excluding carboxylic acids is 1. The van der Waals surface area contributed by atoms with Gasteiger partial charge in [-0.25, -0.2) is 0 Å². The van der Waals surface area contributed by atoms with Crippen molar-refractivity contribution in [1.29, 1.82) is 0 Å². The second-order valence-electron chi connectivity index (χ2n) is 7.87. The average Bonchev–Trinajstić information content (AvgIpc) is 2.73. The smallest absolute Gasteiger partial charge is 0.417 e. The Hall–Kier alpha value is -3.03. The van der Waals surface area contributed by atoms with Gasteiger partial charge in [-0.1, -0.05) is 26.0 Å². The maximum Gasteiger partial charge on any atom is 0.417 e. The maximum atomic E-state index is 13.5. The van der Waals surface area contributed by atoms with Crippen LogP contribution < -0.4 is 14.8 Å². The minimum Gasteiger partial charge on any atom is -0.497 e. The predicted molar refractivity (Wildman–Crippen MR) is 118 cm³/mol. The van der Waals surface area contributed by atoms with Gasteiger partial charge in [0.25, 0.3) is 5.91 Å². The number of aliphatic imine (C=N–C) groups is 1. The van der Waals surface area contributed by atoms with E-state index in [-0.39, 0.29) is 23.3 Å². The molecule has 32 heavy (non-hydrogen) atoms. The molecule has 1 unspecified atom stereocenters. The molecule has 0 aliphatic heterocycles. The Balaban J connectivity index is 2.23. The minimum atomic E-state index is -4.57. The quantitative estimate of drug-likeness (QED) is 0.518. The van der Waals surface area contributed by atoms with E-state index >= 15 is 0 Å². The van der Waals surface area contributed by atoms with E-state index in [4.69, 9.17) is 9.47 Å². The van der Waals surface area contributed by atoms with Crippen LogP contribution in [0.3, 0.4) is 0 Å². The number of amides is 1. The Bertz CT molecular complexity index is 925. The van der Waals surface area contributed by atoms with Gasteiger partial charge >= 0.3 is 6.18 Å². The molecule has 0 heterocycles. The van der Waals surface area contributed by atoms with Crippen molar-refractivity contribution >= 4 is 12.1 Å². The lowest BCUT2D eigenvalue weighted by molar-refractivity contribution is -0.137. The van der Waals surface area contributed by atoms with Crippen LogP contribution in [0.25, 0.3) is 0 Å². The third-order valence-electron chi connectivity index (χ3n) is 4.83. The second kappa shape index (κ2) is 11.0. The molecule has 5 nitrogen and oxygen atoms in total. The topological polar surface area (TPSA) is 59.9 Å². The van der Waals surface area contributed by atoms with Crippen LogP contribution >= 0.6 is 0 Å². The molecule has 0 radical (unpaired) electrons. The summed E-state index contributed by atoms with van der Waals surface area (Å²) in [6.45, 7) is 5.66. The standard InChI is InChI=1S/C24H29F3N2O3/c1-15(2)12-22(23(30)29-16(3)17-6-9-19(31-5)10-7-17)32-20-11-8-18(14-28-4)21(13-20)24(25,26)27/h6-11,13-16,22H,12H2,1-5H3,(H,29,30)/t16-,22?/m1/s1. The largest absolute Gasteiger partial charge is 0.497 e. The molecule has 0 fully saturated rings. The van der Waals surface area contributed by atoms with E-state index in [0.717, 1.165) is 17.8 Å². The number of methoxy groups -OCH3 is 1. The number of rotatable bonds is 9. The van der Waals surface area contributed by atoms with Gasteiger partial charge in [0.2, 0.25) is 0 Å². The number of halogens is 3. The van der Waals surface area contributed by atoms with Gasteiger partial charge in [-0.15, -0.1) is 0 Å². The molecule has 0 bridgehead atoms. The fourth-order valence-corrected chi connectivity index (χ4v) is 3.19. The first kappa shape index (κ1) is 25.2. The summed E-state index contributed by atoms with van der Waals surface area (Å²) in [6.07, 6.45) is -4.03. The SMILES string of the molecule is CN=Cc1ccc(OC(CC(C)C)C(=O)N[C@H](C)c2ccc(OC)cc2)cc1C(F)(F)F. The lowest BCUT2D eigenvalue weighted by Crippen LogP contribution is -2.40. The zero-order chi connectivity index (χ0) is 23.9. The molecule has 2 rings (SSSR count). The Kier molecular flexibility index (Phi) is 8.69. The van der Waals surface area contributed by atoms with Gasteiger partial charge in [0.05, 0.1) is 18.7 Å². The van der Waals surface area contributed by atoms with E-state index < -0.39 is 23.8 Å². The lowest BCUT2D eigenvalue weighted by atomic mass is 10.0. The Labute approximate surface area is 186 Å². The summed E-state index contributed by atoms with van der Waals surface area (Å²) in [6, 6.07) is 10.6. The number of hydrogen-bond donors (Lipinski definition) is 1. The molecule has 2 aromatic rings. The molecule has 0 saturated carbocycles. The van der Waals surface area contributed by atoms with Crippen LogP contribution in [0.5, 0.6) is 11.5 Å². The van der Waals surface area contributed by atoms with Gasteiger partial charge in [-0.2, -0.15) is 13.2 Å². The van der Waals surface area contributed by atoms with Crippen LogP contribution in [0.4, 0.5) is 13.2 Å². The highest BCUT2D eigenvalue weighted by molar-refractivity contribution is 5.83. The summed E-state index contributed by atoms with van der Waals surface area (Å²) >= 11 is 0. The molecule has 8 heteroatoms. The molecule has 1 N–H and O–H groups in total. The zero-order valence-electron chi connectivity index (χ0n) is 18.9. The summed E-state index contributed by atoms with van der Waals surface area (Å²) < 4.78 is 51.3. The number of benzene rings is 2. The fraction of sp³-hybridized carbons (Fsp3) is 0.417. The Morgan fingerprint density at radius 1 is 1.09 bits per heavy atom. The highest BCUT2D eigenvalue weighted by atomic mass is 19.4. The molecule has 0 spiro atoms. The molecule has 0 saturated heterocycles. The summed E-state index contributed by atoms with van der Waals surface area (Å²) in [4.78, 5) is 16.6. The number of nitrogens with zero attached hydrogens (tertiary/aromatic N) is 1. The molecular weight excluding hydrogens is 421 g/mol. The molecular formula is C24H29F3N2O3. The summed E-state index contributed by atoms with van der Waals surface area (Å²) in [5.74, 6) is 0.374. The third kappa shape index (κ3) is 7.00. The zero-order valence-corrected chi connectivity index (χ0v) is 18.9. The van der Waals surface area contributed by atoms with Crippen molar-refractivity contribution < 1.29 is 27.4 Å². The average molecular weight is 451 g/mol. The van der Waals surface area contributed by atoms with Crippen molar-refractivity contribution in [2.45, 2.75) is 45.5 Å². The van der Waals surface area contributed by atoms with Crippen LogP contribution in [0.2, 0.25) is 0 Å². The van der Waals surface area contributed by atoms with Crippen LogP contribution in [0.1, 0.15) is 49.9 Å². The highest BCUT2D eigenvalue weighted by Crippen LogP contribution is 2.34. The molecule has 0 aliphatic carbocycles. The van der Waals surface area contributed by atoms with E-state index in [9.17, 15) is 18.0 Å². The fourth-order valence-electron chi connectivity index (χ4n) is 3.19. The molecule has 174 valence electrons. The summed E-state index contributed by atoms with van der Waals surface area (Å²) in [5, 5.41) is 2.89. The van der Waals surface area contributed by atoms with Crippen molar-refractivity contribution in [2.75, 3.05) is 14.2 Å². The van der Waals surface area contributed by atoms with E-state index in [1.54, 1.807) is 19.2 Å². The van der Waals surface area contributed by atoms with Gasteiger partial charge < -0.3 is 14.8 Å². The van der Waals surface area contributed by atoms with Crippen LogP contribution in [-0.2, 0) is 11.0 Å². The van der Waals surface area contributed by atoms with Gasteiger partial charge in [0.1, 0.15) is 11.5 Å². The van der Waals surface area contributed by atoms with Crippen LogP contribution in [0, 0.1) is 5.92 Å². The van der Waals surface area contributed by atoms with Crippen molar-refractivity contribution in [3.63, 3.8) is 0 Å². The second-order valence-corrected chi connectivity index (χ2v) is 7.87. The number of alkyl halides is 3. The van der Waals surface area contributed by atoms with E-state index in [1.807, 2.05) is 32.9 Å². The lowest BCUT2D eigenvalue weighted by Gasteiger charge is -2.24. The van der Waals surface area contributed by atoms with Crippen LogP contribution in [-0.4, -0.2) is 32.4 Å². The third-order valence-corrected chi connectivity index (χ3v) is 4.83. The minimum absolute atomic E-state index is 0.0246. The number of carbonyl (C=O) groups is 1. The van der Waals surface area contributed by atoms with Gasteiger partial charge in [0.15, 0.2) is 6.10 Å². The Morgan fingerprint density at radius 2 is 1.72 bits per heavy atom. The van der Waals surface area contributed by atoms with Crippen LogP contribution in [0.15, 0.2) is 47.5 Å². The maximum absolute atomic E-state index is 13.5. The summed E-state index contributed by atoms with van der Waals surface area (Å²) in [5.41, 5.74) is -0.0637. The van der Waals surface area contributed by atoms with Gasteiger partial charge in [-0.05, 0) is 55.2 Å². The molecule has 0 aliphatic rings. The molecule has 2 aromatic carbocycles. The first-order valence-electron chi connectivity index (χ1n) is 10.3. The Morgan fingerprint density at radius 3 is 2.25 bits per heavy atom. The normalized spacial score (nSPS) is 13.8. The van der Waals surface area contributed by atoms with Crippen molar-refractivity contribution in [3.8, 4) is 11.5 Å². The summed E-state index contributed by atoms with van der Waals surface area (Å²) in [7, 11) is 2.97. The molecule has 0 aromatic heterocycles. The molecule has 2 atom stereocenters.